The van der Waals surface area contributed by atoms with Gasteiger partial charge in [-0.3, -0.25) is 0 Å². The number of rotatable bonds is 1. The van der Waals surface area contributed by atoms with Gasteiger partial charge in [-0.2, -0.15) is 0 Å². The Morgan fingerprint density at radius 2 is 1.02 bits per heavy atom. The van der Waals surface area contributed by atoms with E-state index in [9.17, 15) is 0 Å². The monoisotopic (exact) mass is 630 g/mol. The van der Waals surface area contributed by atoms with Crippen molar-refractivity contribution in [3.8, 4) is 11.5 Å². The van der Waals surface area contributed by atoms with Crippen LogP contribution >= 0.6 is 0 Å². The van der Waals surface area contributed by atoms with E-state index in [1.165, 1.54) is 87.0 Å². The van der Waals surface area contributed by atoms with Crippen LogP contribution in [0.25, 0.3) is 38.1 Å². The summed E-state index contributed by atoms with van der Waals surface area (Å²) in [6.07, 6.45) is 0. The van der Waals surface area contributed by atoms with Crippen molar-refractivity contribution in [1.82, 2.24) is 4.40 Å². The van der Waals surface area contributed by atoms with Gasteiger partial charge in [-0.15, -0.1) is 0 Å². The molecule has 4 heteroatoms. The lowest BCUT2D eigenvalue weighted by molar-refractivity contribution is 0.487. The molecule has 2 aromatic heterocycles. The Morgan fingerprint density at radius 3 is 1.71 bits per heavy atom. The van der Waals surface area contributed by atoms with Gasteiger partial charge >= 0.3 is 0 Å². The molecule has 9 aromatic rings. The molecule has 226 valence electrons. The Bertz CT molecular complexity index is 2710. The van der Waals surface area contributed by atoms with Crippen LogP contribution in [-0.4, -0.2) is 12.5 Å². The van der Waals surface area contributed by atoms with Crippen LogP contribution in [0.5, 0.6) is 11.5 Å². The van der Waals surface area contributed by atoms with E-state index in [1.807, 2.05) is 0 Å². The van der Waals surface area contributed by atoms with E-state index in [4.69, 9.17) is 4.74 Å². The Hall–Kier alpha value is -5.84. The number of nitrogens with zero attached hydrogens (tertiary/aromatic N) is 2. The quantitative estimate of drug-likeness (QED) is 0.169. The fraction of sp³-hybridized carbons (Fsp3) is 0.0455. The molecule has 0 atom stereocenters. The van der Waals surface area contributed by atoms with E-state index in [0.29, 0.717) is 0 Å². The summed E-state index contributed by atoms with van der Waals surface area (Å²) in [5.41, 5.74) is 10.0. The zero-order valence-electron chi connectivity index (χ0n) is 26.7. The van der Waals surface area contributed by atoms with E-state index in [-0.39, 0.29) is 0 Å². The molecule has 3 nitrogen and oxygen atoms in total. The molecular weight excluding hydrogens is 601 g/mol. The fourth-order valence-corrected chi connectivity index (χ4v) is 14.5. The molecule has 2 aliphatic heterocycles. The van der Waals surface area contributed by atoms with Gasteiger partial charge in [-0.05, 0) is 83.1 Å². The van der Waals surface area contributed by atoms with Gasteiger partial charge < -0.3 is 14.0 Å². The van der Waals surface area contributed by atoms with Crippen LogP contribution in [0.15, 0.2) is 146 Å². The largest absolute Gasteiger partial charge is 0.458 e. The average molecular weight is 631 g/mol. The first-order chi connectivity index (χ1) is 23.6. The summed E-state index contributed by atoms with van der Waals surface area (Å²) in [6.45, 7) is 4.45. The predicted octanol–water partition coefficient (Wildman–Crippen LogP) is 8.72. The van der Waals surface area contributed by atoms with E-state index in [2.05, 4.69) is 169 Å². The van der Waals surface area contributed by atoms with E-state index in [0.717, 1.165) is 11.5 Å². The van der Waals surface area contributed by atoms with Gasteiger partial charge in [-0.1, -0.05) is 108 Å². The second kappa shape index (κ2) is 9.15. The molecule has 0 radical (unpaired) electrons. The summed E-state index contributed by atoms with van der Waals surface area (Å²) >= 11 is 0. The molecule has 0 saturated carbocycles. The van der Waals surface area contributed by atoms with Crippen LogP contribution in [0, 0.1) is 13.8 Å². The number of aryl methyl sites for hydroxylation is 2. The van der Waals surface area contributed by atoms with Crippen LogP contribution in [0.4, 0.5) is 17.1 Å². The maximum absolute atomic E-state index is 6.66. The first-order valence-electron chi connectivity index (χ1n) is 16.7. The standard InChI is InChI=1S/C44H30N2OSi/c1-27-18-21-36-42(24-27)48(40-16-7-5-14-38(40)47-39-15-6-8-17-41(39)48)43-25-28(2)19-22-37(43)45(36)29-20-23-35-33(26-29)32-12-9-11-31-30-10-3-4-13-34(30)46(35)44(31)32/h3-26H,1-2H3. The molecular formula is C44H30N2OSi. The molecule has 0 N–H and O–H groups in total. The molecule has 7 aromatic carbocycles. The molecule has 0 aliphatic carbocycles. The molecule has 0 bridgehead atoms. The number of hydrogen-bond acceptors (Lipinski definition) is 2. The number of benzene rings is 7. The summed E-state index contributed by atoms with van der Waals surface area (Å²) in [7, 11) is -2.79. The van der Waals surface area contributed by atoms with Gasteiger partial charge in [0, 0.05) is 38.6 Å². The number of ether oxygens (including phenoxy) is 1. The Morgan fingerprint density at radius 1 is 0.458 bits per heavy atom. The van der Waals surface area contributed by atoms with Crippen LogP contribution < -0.4 is 30.4 Å². The SMILES string of the molecule is Cc1ccc2c(c1)[Si]1(c3ccccc3Oc3ccccc31)c1cc(C)ccc1N2c1ccc2c(c1)c1cccc3c4ccccc4n2c31. The summed E-state index contributed by atoms with van der Waals surface area (Å²) < 4.78 is 9.12. The van der Waals surface area contributed by atoms with Crippen molar-refractivity contribution in [3.63, 3.8) is 0 Å². The molecule has 0 amide bonds. The molecule has 0 saturated heterocycles. The van der Waals surface area contributed by atoms with E-state index in [1.54, 1.807) is 0 Å². The zero-order valence-corrected chi connectivity index (χ0v) is 27.7. The second-order valence-electron chi connectivity index (χ2n) is 13.5. The van der Waals surface area contributed by atoms with Gasteiger partial charge in [0.15, 0.2) is 8.07 Å². The number of hydrogen-bond donors (Lipinski definition) is 0. The molecule has 0 unspecified atom stereocenters. The minimum atomic E-state index is -2.79. The first-order valence-corrected chi connectivity index (χ1v) is 18.7. The minimum Gasteiger partial charge on any atom is -0.458 e. The van der Waals surface area contributed by atoms with Crippen molar-refractivity contribution in [1.29, 1.82) is 0 Å². The van der Waals surface area contributed by atoms with Crippen molar-refractivity contribution in [3.05, 3.63) is 157 Å². The Kier molecular flexibility index (Phi) is 5.01. The third-order valence-corrected chi connectivity index (χ3v) is 15.7. The molecule has 2 aliphatic rings. The third-order valence-electron chi connectivity index (χ3n) is 10.9. The highest BCUT2D eigenvalue weighted by atomic mass is 28.3. The van der Waals surface area contributed by atoms with Gasteiger partial charge in [0.2, 0.25) is 0 Å². The molecule has 48 heavy (non-hydrogen) atoms. The molecule has 1 spiro atoms. The summed E-state index contributed by atoms with van der Waals surface area (Å²) in [6, 6.07) is 54.3. The normalized spacial score (nSPS) is 14.3. The lowest BCUT2D eigenvalue weighted by atomic mass is 10.1. The van der Waals surface area contributed by atoms with Crippen molar-refractivity contribution < 1.29 is 4.74 Å². The smallest absolute Gasteiger partial charge is 0.192 e. The van der Waals surface area contributed by atoms with Crippen molar-refractivity contribution in [2.75, 3.05) is 4.90 Å². The van der Waals surface area contributed by atoms with Gasteiger partial charge in [0.1, 0.15) is 11.5 Å². The number of para-hydroxylation sites is 4. The molecule has 0 fully saturated rings. The number of fused-ring (bicyclic) bond motifs is 14. The maximum atomic E-state index is 6.66. The highest BCUT2D eigenvalue weighted by Crippen LogP contribution is 2.45. The van der Waals surface area contributed by atoms with E-state index < -0.39 is 8.07 Å². The zero-order chi connectivity index (χ0) is 31.7. The Balaban J connectivity index is 1.25. The molecule has 11 rings (SSSR count). The van der Waals surface area contributed by atoms with Crippen LogP contribution in [0.2, 0.25) is 0 Å². The summed E-state index contributed by atoms with van der Waals surface area (Å²) in [4.78, 5) is 2.52. The van der Waals surface area contributed by atoms with Gasteiger partial charge in [0.05, 0.1) is 16.6 Å². The average Bonchev–Trinajstić information content (AvgIpc) is 3.64. The molecule has 4 heterocycles. The van der Waals surface area contributed by atoms with Crippen LogP contribution in [0.1, 0.15) is 11.1 Å². The van der Waals surface area contributed by atoms with E-state index >= 15 is 0 Å². The summed E-state index contributed by atoms with van der Waals surface area (Å²) in [5.74, 6) is 1.94. The Labute approximate surface area is 279 Å². The first kappa shape index (κ1) is 26.3. The van der Waals surface area contributed by atoms with Crippen LogP contribution in [-0.2, 0) is 0 Å². The number of anilines is 3. The van der Waals surface area contributed by atoms with Gasteiger partial charge in [0.25, 0.3) is 0 Å². The maximum Gasteiger partial charge on any atom is 0.192 e. The number of aromatic nitrogens is 1. The van der Waals surface area contributed by atoms with Crippen molar-refractivity contribution in [2.24, 2.45) is 0 Å². The third kappa shape index (κ3) is 3.13. The van der Waals surface area contributed by atoms with Crippen molar-refractivity contribution in [2.45, 2.75) is 13.8 Å². The lowest BCUT2D eigenvalue weighted by Crippen LogP contribution is -2.78. The van der Waals surface area contributed by atoms with Crippen LogP contribution in [0.3, 0.4) is 0 Å². The summed E-state index contributed by atoms with van der Waals surface area (Å²) in [5, 5.41) is 10.6. The second-order valence-corrected chi connectivity index (χ2v) is 17.1. The van der Waals surface area contributed by atoms with Crippen molar-refractivity contribution >= 4 is 84.0 Å². The lowest BCUT2D eigenvalue weighted by Gasteiger charge is -2.47. The minimum absolute atomic E-state index is 0.969. The highest BCUT2D eigenvalue weighted by Gasteiger charge is 2.53. The highest BCUT2D eigenvalue weighted by molar-refractivity contribution is 7.22. The van der Waals surface area contributed by atoms with Gasteiger partial charge in [-0.25, -0.2) is 0 Å². The fourth-order valence-electron chi connectivity index (χ4n) is 8.98. The topological polar surface area (TPSA) is 16.9 Å². The predicted molar refractivity (Wildman–Crippen MR) is 203 cm³/mol.